The highest BCUT2D eigenvalue weighted by atomic mass is 16.5. The molecule has 0 amide bonds. The molecule has 0 fully saturated rings. The van der Waals surface area contributed by atoms with Gasteiger partial charge in [0.2, 0.25) is 0 Å². The van der Waals surface area contributed by atoms with Gasteiger partial charge in [-0.05, 0) is 32.9 Å². The molecule has 1 aromatic rings. The number of hydrogen-bond donors (Lipinski definition) is 0. The molecular formula is C14H18O4. The van der Waals surface area contributed by atoms with Gasteiger partial charge in [0.05, 0.1) is 18.3 Å². The first-order valence-electron chi connectivity index (χ1n) is 5.96. The summed E-state index contributed by atoms with van der Waals surface area (Å²) in [6, 6.07) is 6.39. The molecule has 0 saturated heterocycles. The maximum Gasteiger partial charge on any atom is 0.338 e. The number of rotatable bonds is 6. The summed E-state index contributed by atoms with van der Waals surface area (Å²) < 4.78 is 10.1. The standard InChI is InChI=1S/C14H18O4/c1-4-17-14(16)12-7-5-11(6-8-12)13(15)9-18-10(2)3/h5-8,10H,4,9H2,1-3H3. The maximum atomic E-state index is 11.7. The van der Waals surface area contributed by atoms with E-state index in [0.717, 1.165) is 0 Å². The summed E-state index contributed by atoms with van der Waals surface area (Å²) in [7, 11) is 0. The van der Waals surface area contributed by atoms with E-state index in [2.05, 4.69) is 0 Å². The second-order valence-electron chi connectivity index (χ2n) is 4.08. The van der Waals surface area contributed by atoms with E-state index in [4.69, 9.17) is 9.47 Å². The molecule has 0 atom stereocenters. The molecule has 18 heavy (non-hydrogen) atoms. The molecule has 0 aliphatic rings. The Morgan fingerprint density at radius 3 is 2.17 bits per heavy atom. The van der Waals surface area contributed by atoms with Crippen molar-refractivity contribution in [3.8, 4) is 0 Å². The molecule has 0 unspecified atom stereocenters. The Kier molecular flexibility index (Phi) is 5.52. The minimum Gasteiger partial charge on any atom is -0.462 e. The minimum absolute atomic E-state index is 0.0211. The topological polar surface area (TPSA) is 52.6 Å². The minimum atomic E-state index is -0.380. The van der Waals surface area contributed by atoms with Crippen LogP contribution in [0, 0.1) is 0 Å². The fraction of sp³-hybridized carbons (Fsp3) is 0.429. The van der Waals surface area contributed by atoms with Crippen LogP contribution in [0.5, 0.6) is 0 Å². The molecule has 0 spiro atoms. The number of esters is 1. The molecule has 0 aliphatic carbocycles. The molecule has 0 saturated carbocycles. The largest absolute Gasteiger partial charge is 0.462 e. The monoisotopic (exact) mass is 250 g/mol. The van der Waals surface area contributed by atoms with Gasteiger partial charge in [0.1, 0.15) is 6.61 Å². The highest BCUT2D eigenvalue weighted by Crippen LogP contribution is 2.07. The Hall–Kier alpha value is -1.68. The summed E-state index contributed by atoms with van der Waals surface area (Å²) in [5.74, 6) is -0.478. The van der Waals surface area contributed by atoms with E-state index in [1.54, 1.807) is 31.2 Å². The fourth-order valence-corrected chi connectivity index (χ4v) is 1.33. The number of hydrogen-bond acceptors (Lipinski definition) is 4. The van der Waals surface area contributed by atoms with Crippen molar-refractivity contribution in [2.24, 2.45) is 0 Å². The number of ether oxygens (including phenoxy) is 2. The van der Waals surface area contributed by atoms with Gasteiger partial charge in [0.15, 0.2) is 5.78 Å². The van der Waals surface area contributed by atoms with Crippen molar-refractivity contribution in [1.82, 2.24) is 0 Å². The molecular weight excluding hydrogens is 232 g/mol. The molecule has 0 aromatic heterocycles. The van der Waals surface area contributed by atoms with Gasteiger partial charge in [-0.3, -0.25) is 4.79 Å². The second-order valence-corrected chi connectivity index (χ2v) is 4.08. The van der Waals surface area contributed by atoms with Crippen LogP contribution in [0.2, 0.25) is 0 Å². The van der Waals surface area contributed by atoms with Crippen LogP contribution in [-0.4, -0.2) is 31.1 Å². The highest BCUT2D eigenvalue weighted by molar-refractivity contribution is 5.98. The number of ketones is 1. The molecule has 1 aromatic carbocycles. The quantitative estimate of drug-likeness (QED) is 0.575. The summed E-state index contributed by atoms with van der Waals surface area (Å²) in [5.41, 5.74) is 0.974. The molecule has 0 heterocycles. The Balaban J connectivity index is 2.65. The number of carbonyl (C=O) groups excluding carboxylic acids is 2. The highest BCUT2D eigenvalue weighted by Gasteiger charge is 2.10. The molecule has 0 bridgehead atoms. The van der Waals surface area contributed by atoms with Crippen molar-refractivity contribution in [2.45, 2.75) is 26.9 Å². The van der Waals surface area contributed by atoms with E-state index in [1.807, 2.05) is 13.8 Å². The lowest BCUT2D eigenvalue weighted by molar-refractivity contribution is 0.0525. The van der Waals surface area contributed by atoms with Gasteiger partial charge in [0.25, 0.3) is 0 Å². The lowest BCUT2D eigenvalue weighted by atomic mass is 10.1. The van der Waals surface area contributed by atoms with Crippen LogP contribution in [0.25, 0.3) is 0 Å². The van der Waals surface area contributed by atoms with Crippen molar-refractivity contribution in [3.05, 3.63) is 35.4 Å². The van der Waals surface area contributed by atoms with E-state index >= 15 is 0 Å². The van der Waals surface area contributed by atoms with E-state index in [9.17, 15) is 9.59 Å². The van der Waals surface area contributed by atoms with E-state index in [1.165, 1.54) is 0 Å². The van der Waals surface area contributed by atoms with Crippen LogP contribution < -0.4 is 0 Å². The Morgan fingerprint density at radius 2 is 1.67 bits per heavy atom. The van der Waals surface area contributed by atoms with Crippen molar-refractivity contribution >= 4 is 11.8 Å². The maximum absolute atomic E-state index is 11.7. The summed E-state index contributed by atoms with van der Waals surface area (Å²) in [4.78, 5) is 23.1. The summed E-state index contributed by atoms with van der Waals surface area (Å²) in [5, 5.41) is 0. The van der Waals surface area contributed by atoms with Crippen LogP contribution in [-0.2, 0) is 9.47 Å². The van der Waals surface area contributed by atoms with E-state index in [0.29, 0.717) is 17.7 Å². The summed E-state index contributed by atoms with van der Waals surface area (Å²) in [6.07, 6.45) is 0.0211. The van der Waals surface area contributed by atoms with Crippen molar-refractivity contribution in [2.75, 3.05) is 13.2 Å². The summed E-state index contributed by atoms with van der Waals surface area (Å²) >= 11 is 0. The van der Waals surface area contributed by atoms with Gasteiger partial charge in [0, 0.05) is 5.56 Å². The lowest BCUT2D eigenvalue weighted by Gasteiger charge is -2.07. The van der Waals surface area contributed by atoms with Gasteiger partial charge >= 0.3 is 5.97 Å². The zero-order chi connectivity index (χ0) is 13.5. The zero-order valence-corrected chi connectivity index (χ0v) is 10.9. The van der Waals surface area contributed by atoms with Crippen molar-refractivity contribution in [1.29, 1.82) is 0 Å². The Bertz CT molecular complexity index is 406. The van der Waals surface area contributed by atoms with Gasteiger partial charge < -0.3 is 9.47 Å². The van der Waals surface area contributed by atoms with Gasteiger partial charge in [-0.1, -0.05) is 12.1 Å². The third-order valence-corrected chi connectivity index (χ3v) is 2.27. The Morgan fingerprint density at radius 1 is 1.11 bits per heavy atom. The normalized spacial score (nSPS) is 10.4. The van der Waals surface area contributed by atoms with E-state index in [-0.39, 0.29) is 24.5 Å². The predicted molar refractivity (Wildman–Crippen MR) is 67.8 cm³/mol. The molecule has 1 rings (SSSR count). The Labute approximate surface area is 107 Å². The fourth-order valence-electron chi connectivity index (χ4n) is 1.33. The molecule has 4 nitrogen and oxygen atoms in total. The van der Waals surface area contributed by atoms with Crippen LogP contribution >= 0.6 is 0 Å². The average molecular weight is 250 g/mol. The smallest absolute Gasteiger partial charge is 0.338 e. The first kappa shape index (κ1) is 14.4. The van der Waals surface area contributed by atoms with Gasteiger partial charge in [-0.2, -0.15) is 0 Å². The SMILES string of the molecule is CCOC(=O)c1ccc(C(=O)COC(C)C)cc1. The number of carbonyl (C=O) groups is 2. The number of Topliss-reactive ketones (excluding diaryl/α,β-unsaturated/α-hetero) is 1. The van der Waals surface area contributed by atoms with Crippen LogP contribution in [0.3, 0.4) is 0 Å². The molecule has 0 N–H and O–H groups in total. The van der Waals surface area contributed by atoms with Crippen LogP contribution in [0.15, 0.2) is 24.3 Å². The average Bonchev–Trinajstić information content (AvgIpc) is 2.36. The van der Waals surface area contributed by atoms with Crippen LogP contribution in [0.4, 0.5) is 0 Å². The number of benzene rings is 1. The van der Waals surface area contributed by atoms with Gasteiger partial charge in [-0.25, -0.2) is 4.79 Å². The molecule has 98 valence electrons. The molecule has 4 heteroatoms. The third kappa shape index (κ3) is 4.30. The first-order chi connectivity index (χ1) is 8.54. The zero-order valence-electron chi connectivity index (χ0n) is 10.9. The van der Waals surface area contributed by atoms with Crippen molar-refractivity contribution < 1.29 is 19.1 Å². The second kappa shape index (κ2) is 6.91. The lowest BCUT2D eigenvalue weighted by Crippen LogP contribution is -2.13. The predicted octanol–water partition coefficient (Wildman–Crippen LogP) is 2.47. The summed E-state index contributed by atoms with van der Waals surface area (Å²) in [6.45, 7) is 5.88. The van der Waals surface area contributed by atoms with Gasteiger partial charge in [-0.15, -0.1) is 0 Å². The van der Waals surface area contributed by atoms with Crippen LogP contribution in [0.1, 0.15) is 41.5 Å². The first-order valence-corrected chi connectivity index (χ1v) is 5.96. The molecule has 0 aliphatic heterocycles. The molecule has 0 radical (unpaired) electrons. The van der Waals surface area contributed by atoms with E-state index < -0.39 is 0 Å². The van der Waals surface area contributed by atoms with Crippen molar-refractivity contribution in [3.63, 3.8) is 0 Å². The third-order valence-electron chi connectivity index (χ3n) is 2.27.